The second-order valence-corrected chi connectivity index (χ2v) is 6.91. The van der Waals surface area contributed by atoms with E-state index >= 15 is 0 Å². The van der Waals surface area contributed by atoms with E-state index in [1.54, 1.807) is 0 Å². The third kappa shape index (κ3) is 3.72. The number of benzene rings is 1. The summed E-state index contributed by atoms with van der Waals surface area (Å²) in [6.45, 7) is 6.84. The predicted molar refractivity (Wildman–Crippen MR) is 90.0 cm³/mol. The average molecular weight is 315 g/mol. The molecule has 23 heavy (non-hydrogen) atoms. The van der Waals surface area contributed by atoms with Gasteiger partial charge >= 0.3 is 0 Å². The lowest BCUT2D eigenvalue weighted by molar-refractivity contribution is -0.125. The largest absolute Gasteiger partial charge is 0.378 e. The molecule has 0 aliphatic carbocycles. The van der Waals surface area contributed by atoms with Crippen LogP contribution in [0.2, 0.25) is 0 Å². The van der Waals surface area contributed by atoms with Gasteiger partial charge in [-0.1, -0.05) is 26.0 Å². The molecule has 1 fully saturated rings. The molecule has 1 aliphatic rings. The van der Waals surface area contributed by atoms with Crippen molar-refractivity contribution < 1.29 is 9.53 Å². The topological polar surface area (TPSA) is 67.0 Å². The van der Waals surface area contributed by atoms with Gasteiger partial charge in [0.25, 0.3) is 0 Å². The summed E-state index contributed by atoms with van der Waals surface area (Å²) in [6, 6.07) is 7.85. The second kappa shape index (κ2) is 6.71. The maximum Gasteiger partial charge on any atom is 0.226 e. The van der Waals surface area contributed by atoms with Crippen molar-refractivity contribution in [2.24, 2.45) is 11.8 Å². The minimum Gasteiger partial charge on any atom is -0.378 e. The Morgan fingerprint density at radius 3 is 2.87 bits per heavy atom. The van der Waals surface area contributed by atoms with E-state index in [2.05, 4.69) is 29.1 Å². The minimum atomic E-state index is -0.0918. The molecule has 5 nitrogen and oxygen atoms in total. The fourth-order valence-electron chi connectivity index (χ4n) is 3.14. The van der Waals surface area contributed by atoms with Crippen LogP contribution in [0.3, 0.4) is 0 Å². The molecule has 1 aliphatic heterocycles. The van der Waals surface area contributed by atoms with Gasteiger partial charge in [-0.2, -0.15) is 0 Å². The van der Waals surface area contributed by atoms with Gasteiger partial charge in [0, 0.05) is 0 Å². The van der Waals surface area contributed by atoms with Crippen LogP contribution in [0.4, 0.5) is 0 Å². The molecule has 3 atom stereocenters. The van der Waals surface area contributed by atoms with Crippen LogP contribution in [0.5, 0.6) is 0 Å². The summed E-state index contributed by atoms with van der Waals surface area (Å²) < 4.78 is 5.52. The summed E-state index contributed by atoms with van der Waals surface area (Å²) in [4.78, 5) is 20.5. The maximum atomic E-state index is 12.5. The quantitative estimate of drug-likeness (QED) is 0.890. The normalized spacial score (nSPS) is 22.6. The van der Waals surface area contributed by atoms with Crippen LogP contribution in [-0.4, -0.2) is 28.6 Å². The number of H-pyrrole nitrogens is 1. The monoisotopic (exact) mass is 315 g/mol. The van der Waals surface area contributed by atoms with E-state index in [9.17, 15) is 4.79 Å². The molecule has 0 radical (unpaired) electrons. The Labute approximate surface area is 136 Å². The number of nitrogens with one attached hydrogen (secondary N) is 2. The van der Waals surface area contributed by atoms with Gasteiger partial charge in [0.15, 0.2) is 0 Å². The molecule has 1 aromatic carbocycles. The fourth-order valence-corrected chi connectivity index (χ4v) is 3.14. The Hall–Kier alpha value is -1.88. The van der Waals surface area contributed by atoms with Crippen LogP contribution >= 0.6 is 0 Å². The van der Waals surface area contributed by atoms with Crippen molar-refractivity contribution in [3.8, 4) is 0 Å². The Morgan fingerprint density at radius 1 is 1.43 bits per heavy atom. The molecule has 3 rings (SSSR count). The molecule has 2 N–H and O–H groups in total. The van der Waals surface area contributed by atoms with E-state index in [-0.39, 0.29) is 24.0 Å². The van der Waals surface area contributed by atoms with Gasteiger partial charge in [0.1, 0.15) is 5.82 Å². The molecule has 1 amide bonds. The van der Waals surface area contributed by atoms with Gasteiger partial charge < -0.3 is 15.0 Å². The number of para-hydroxylation sites is 2. The molecule has 2 aromatic rings. The molecule has 0 spiro atoms. The molecular weight excluding hydrogens is 290 g/mol. The summed E-state index contributed by atoms with van der Waals surface area (Å²) in [7, 11) is 0. The first-order chi connectivity index (χ1) is 11.0. The number of rotatable bonds is 5. The van der Waals surface area contributed by atoms with Crippen molar-refractivity contribution in [2.45, 2.75) is 45.8 Å². The average Bonchev–Trinajstić information content (AvgIpc) is 3.11. The molecule has 0 bridgehead atoms. The highest BCUT2D eigenvalue weighted by Gasteiger charge is 2.30. The molecule has 0 saturated carbocycles. The minimum absolute atomic E-state index is 0.0518. The zero-order chi connectivity index (χ0) is 16.4. The van der Waals surface area contributed by atoms with E-state index < -0.39 is 0 Å². The Balaban J connectivity index is 1.78. The summed E-state index contributed by atoms with van der Waals surface area (Å²) >= 11 is 0. The third-order valence-electron chi connectivity index (χ3n) is 4.33. The fraction of sp³-hybridized carbons (Fsp3) is 0.556. The van der Waals surface area contributed by atoms with Crippen LogP contribution in [0.1, 0.15) is 45.5 Å². The lowest BCUT2D eigenvalue weighted by Gasteiger charge is -2.20. The van der Waals surface area contributed by atoms with Crippen molar-refractivity contribution in [3.05, 3.63) is 30.1 Å². The van der Waals surface area contributed by atoms with E-state index in [0.29, 0.717) is 12.5 Å². The van der Waals surface area contributed by atoms with Crippen molar-refractivity contribution >= 4 is 16.9 Å². The smallest absolute Gasteiger partial charge is 0.226 e. The lowest BCUT2D eigenvalue weighted by atomic mass is 10.0. The second-order valence-electron chi connectivity index (χ2n) is 6.91. The van der Waals surface area contributed by atoms with Crippen LogP contribution in [0, 0.1) is 11.8 Å². The Morgan fingerprint density at radius 2 is 2.22 bits per heavy atom. The summed E-state index contributed by atoms with van der Waals surface area (Å²) in [5.41, 5.74) is 1.94. The molecule has 0 unspecified atom stereocenters. The summed E-state index contributed by atoms with van der Waals surface area (Å²) in [6.07, 6.45) is 1.82. The Bertz CT molecular complexity index is 647. The lowest BCUT2D eigenvalue weighted by Crippen LogP contribution is -2.35. The SMILES string of the molecule is CC(C)C[C@H](NC(=O)[C@H]1CO[C@@H](C)C1)c1nc2ccccc2[nH]1. The number of carbonyl (C=O) groups is 1. The number of fused-ring (bicyclic) bond motifs is 1. The van der Waals surface area contributed by atoms with Gasteiger partial charge in [-0.15, -0.1) is 0 Å². The van der Waals surface area contributed by atoms with Crippen molar-refractivity contribution in [2.75, 3.05) is 6.61 Å². The van der Waals surface area contributed by atoms with Crippen LogP contribution in [0.25, 0.3) is 11.0 Å². The first-order valence-electron chi connectivity index (χ1n) is 8.39. The van der Waals surface area contributed by atoms with E-state index in [1.165, 1.54) is 0 Å². The van der Waals surface area contributed by atoms with Crippen molar-refractivity contribution in [3.63, 3.8) is 0 Å². The number of amides is 1. The van der Waals surface area contributed by atoms with Crippen LogP contribution in [-0.2, 0) is 9.53 Å². The number of nitrogens with zero attached hydrogens (tertiary/aromatic N) is 1. The number of aromatic amines is 1. The molecule has 1 saturated heterocycles. The predicted octanol–water partition coefficient (Wildman–Crippen LogP) is 3.19. The first-order valence-corrected chi connectivity index (χ1v) is 8.39. The number of carbonyl (C=O) groups excluding carboxylic acids is 1. The van der Waals surface area contributed by atoms with Crippen molar-refractivity contribution in [1.29, 1.82) is 0 Å². The standard InChI is InChI=1S/C18H25N3O2/c1-11(2)8-16(21-18(22)13-9-12(3)23-10-13)17-19-14-6-4-5-7-15(14)20-17/h4-7,11-13,16H,8-10H2,1-3H3,(H,19,20)(H,21,22)/t12-,13+,16-/m0/s1. The Kier molecular flexibility index (Phi) is 4.66. The number of imidazole rings is 1. The van der Waals surface area contributed by atoms with Gasteiger partial charge in [0.05, 0.1) is 35.7 Å². The maximum absolute atomic E-state index is 12.5. The highest BCUT2D eigenvalue weighted by atomic mass is 16.5. The highest BCUT2D eigenvalue weighted by Crippen LogP contribution is 2.24. The molecule has 5 heteroatoms. The number of hydrogen-bond acceptors (Lipinski definition) is 3. The molecular formula is C18H25N3O2. The van der Waals surface area contributed by atoms with Gasteiger partial charge in [-0.05, 0) is 37.8 Å². The number of ether oxygens (including phenoxy) is 1. The van der Waals surface area contributed by atoms with Crippen molar-refractivity contribution in [1.82, 2.24) is 15.3 Å². The first kappa shape index (κ1) is 16.0. The molecule has 1 aromatic heterocycles. The molecule has 2 heterocycles. The zero-order valence-corrected chi connectivity index (χ0v) is 14.0. The van der Waals surface area contributed by atoms with Crippen LogP contribution in [0.15, 0.2) is 24.3 Å². The zero-order valence-electron chi connectivity index (χ0n) is 14.0. The number of hydrogen-bond donors (Lipinski definition) is 2. The summed E-state index contributed by atoms with van der Waals surface area (Å²) in [5, 5.41) is 3.18. The highest BCUT2D eigenvalue weighted by molar-refractivity contribution is 5.80. The van der Waals surface area contributed by atoms with Gasteiger partial charge in [-0.25, -0.2) is 4.98 Å². The van der Waals surface area contributed by atoms with E-state index in [4.69, 9.17) is 4.74 Å². The van der Waals surface area contributed by atoms with Gasteiger partial charge in [0.2, 0.25) is 5.91 Å². The number of aromatic nitrogens is 2. The third-order valence-corrected chi connectivity index (χ3v) is 4.33. The van der Waals surface area contributed by atoms with Crippen LogP contribution < -0.4 is 5.32 Å². The van der Waals surface area contributed by atoms with E-state index in [1.807, 2.05) is 31.2 Å². The molecule has 124 valence electrons. The van der Waals surface area contributed by atoms with Gasteiger partial charge in [-0.3, -0.25) is 4.79 Å². The van der Waals surface area contributed by atoms with E-state index in [0.717, 1.165) is 29.7 Å². The summed E-state index contributed by atoms with van der Waals surface area (Å²) in [5.74, 6) is 1.32.